The van der Waals surface area contributed by atoms with Crippen LogP contribution in [0.2, 0.25) is 0 Å². The molecule has 0 radical (unpaired) electrons. The first-order chi connectivity index (χ1) is 36.0. The second-order valence-electron chi connectivity index (χ2n) is 18.2. The predicted molar refractivity (Wildman–Crippen MR) is 272 cm³/mol. The Kier molecular flexibility index (Phi) is 25.4. The first kappa shape index (κ1) is 62.3. The molecule has 0 spiro atoms. The van der Waals surface area contributed by atoms with Crippen LogP contribution in [-0.4, -0.2) is 171 Å². The van der Waals surface area contributed by atoms with Gasteiger partial charge in [-0.1, -0.05) is 62.4 Å². The smallest absolute Gasteiger partial charge is 0.322 e. The molecule has 27 heteroatoms. The highest BCUT2D eigenvalue weighted by Gasteiger charge is 2.35. The number of fused-ring (bicyclic) bond motifs is 1. The number of para-hydroxylation sites is 1. The minimum atomic E-state index is -1.85. The molecule has 2 aromatic carbocycles. The number of aliphatic hydroxyl groups excluding tert-OH is 2. The molecule has 76 heavy (non-hydrogen) atoms. The first-order valence-electron chi connectivity index (χ1n) is 24.4. The number of carboxylic acids is 2. The molecule has 1 aromatic heterocycles. The number of aliphatic hydroxyl groups is 2. The summed E-state index contributed by atoms with van der Waals surface area (Å²) in [5.74, 6) is -12.0. The molecule has 416 valence electrons. The Morgan fingerprint density at radius 2 is 1.07 bits per heavy atom. The molecule has 1 heterocycles. The Bertz CT molecular complexity index is 2510. The Labute approximate surface area is 437 Å². The fraction of sp³-hybridized carbons (Fsp3) is 0.490. The maximum absolute atomic E-state index is 14.3. The van der Waals surface area contributed by atoms with Crippen molar-refractivity contribution in [3.05, 3.63) is 71.9 Å². The van der Waals surface area contributed by atoms with Gasteiger partial charge in [-0.15, -0.1) is 0 Å². The number of benzene rings is 2. The van der Waals surface area contributed by atoms with Crippen molar-refractivity contribution in [2.45, 2.75) is 121 Å². The molecule has 0 aliphatic rings. The number of hydrogen-bond acceptors (Lipinski definition) is 15. The zero-order chi connectivity index (χ0) is 56.6. The number of aromatic nitrogens is 1. The third-order valence-corrected chi connectivity index (χ3v) is 11.8. The van der Waals surface area contributed by atoms with E-state index in [1.54, 1.807) is 74.6 Å². The molecule has 27 nitrogen and oxygen atoms in total. The van der Waals surface area contributed by atoms with Crippen molar-refractivity contribution < 1.29 is 73.2 Å². The van der Waals surface area contributed by atoms with E-state index in [-0.39, 0.29) is 32.2 Å². The molecule has 9 atom stereocenters. The van der Waals surface area contributed by atoms with E-state index in [4.69, 9.17) is 16.6 Å². The summed E-state index contributed by atoms with van der Waals surface area (Å²) in [4.78, 5) is 147. The van der Waals surface area contributed by atoms with Crippen LogP contribution in [0.4, 0.5) is 0 Å². The molecule has 0 bridgehead atoms. The minimum absolute atomic E-state index is 0.110. The predicted octanol–water partition coefficient (Wildman–Crippen LogP) is -4.36. The van der Waals surface area contributed by atoms with E-state index in [0.29, 0.717) is 28.5 Å². The van der Waals surface area contributed by atoms with Gasteiger partial charge in [0.05, 0.1) is 19.6 Å². The summed E-state index contributed by atoms with van der Waals surface area (Å²) in [7, 11) is 0. The molecule has 9 amide bonds. The lowest BCUT2D eigenvalue weighted by molar-refractivity contribution is -0.141. The molecule has 0 saturated carbocycles. The van der Waals surface area contributed by atoms with Gasteiger partial charge in [0, 0.05) is 29.9 Å². The molecule has 0 unspecified atom stereocenters. The summed E-state index contributed by atoms with van der Waals surface area (Å²) in [5, 5.41) is 60.7. The molecule has 0 fully saturated rings. The number of hydrogen-bond donors (Lipinski definition) is 16. The monoisotopic (exact) mass is 1070 g/mol. The van der Waals surface area contributed by atoms with Gasteiger partial charge in [-0.05, 0) is 62.8 Å². The summed E-state index contributed by atoms with van der Waals surface area (Å²) in [6.07, 6.45) is 0.677. The van der Waals surface area contributed by atoms with E-state index in [1.165, 1.54) is 13.8 Å². The molecule has 0 aliphatic carbocycles. The number of aromatic amines is 1. The number of H-pyrrole nitrogens is 1. The average Bonchev–Trinajstić information content (AvgIpc) is 3.79. The maximum atomic E-state index is 14.3. The van der Waals surface area contributed by atoms with Crippen molar-refractivity contribution in [3.63, 3.8) is 0 Å². The number of unbranched alkanes of at least 4 members (excludes halogenated alkanes) is 1. The van der Waals surface area contributed by atoms with Crippen LogP contribution in [0.5, 0.6) is 0 Å². The lowest BCUT2D eigenvalue weighted by Crippen LogP contribution is -2.61. The number of carbonyl (C=O) groups excluding carboxylic acids is 9. The van der Waals surface area contributed by atoms with Crippen LogP contribution in [0, 0.1) is 5.92 Å². The van der Waals surface area contributed by atoms with Crippen molar-refractivity contribution in [1.29, 1.82) is 0 Å². The van der Waals surface area contributed by atoms with Crippen molar-refractivity contribution in [3.8, 4) is 0 Å². The molecular weight excluding hydrogens is 997 g/mol. The second kappa shape index (κ2) is 31.0. The quantitative estimate of drug-likeness (QED) is 0.0263. The van der Waals surface area contributed by atoms with Crippen molar-refractivity contribution in [2.24, 2.45) is 17.4 Å². The van der Waals surface area contributed by atoms with Gasteiger partial charge in [0.1, 0.15) is 60.9 Å². The fourth-order valence-corrected chi connectivity index (χ4v) is 7.45. The van der Waals surface area contributed by atoms with E-state index in [1.807, 2.05) is 0 Å². The van der Waals surface area contributed by atoms with E-state index < -0.39 is 152 Å². The number of rotatable bonds is 32. The van der Waals surface area contributed by atoms with Crippen LogP contribution in [0.15, 0.2) is 60.8 Å². The van der Waals surface area contributed by atoms with Gasteiger partial charge in [0.25, 0.3) is 0 Å². The number of nitrogens with one attached hydrogen (secondary N) is 10. The van der Waals surface area contributed by atoms with E-state index >= 15 is 0 Å². The largest absolute Gasteiger partial charge is 0.481 e. The number of carboxylic acid groups (broad SMARTS) is 2. The normalized spacial score (nSPS) is 14.6. The first-order valence-corrected chi connectivity index (χ1v) is 24.4. The number of amides is 9. The van der Waals surface area contributed by atoms with Crippen LogP contribution in [0.3, 0.4) is 0 Å². The van der Waals surface area contributed by atoms with Gasteiger partial charge < -0.3 is 84.7 Å². The summed E-state index contributed by atoms with van der Waals surface area (Å²) in [6, 6.07) is 2.15. The molecule has 0 saturated heterocycles. The van der Waals surface area contributed by atoms with Crippen molar-refractivity contribution in [1.82, 2.24) is 52.8 Å². The highest BCUT2D eigenvalue weighted by molar-refractivity contribution is 5.99. The lowest BCUT2D eigenvalue weighted by Gasteiger charge is -2.27. The zero-order valence-corrected chi connectivity index (χ0v) is 42.6. The standard InChI is InChI=1S/C49H70N12O15/c1-25(2)40(61-43(70)31(51)23-62)49(76)55-26(3)41(68)54-27(4)42(69)57-36(20-38(64)65)47(74)56-33(16-10-11-17-50)45(72)59-35(19-29-21-52-32-15-9-8-14-30(29)32)46(73)60-37(24-63)48(75)58-34(44(71)53-22-39(66)67)18-28-12-6-5-7-13-28/h5-9,12-15,21,25-27,31,33-37,40,52,62-63H,10-11,16-20,22-24,50-51H2,1-4H3,(H,53,71)(H,54,68)(H,55,76)(H,56,74)(H,57,69)(H,58,75)(H,59,72)(H,60,73)(H,61,70)(H,64,65)(H,66,67)/t26-,27-,31-,33-,34-,35-,36-,37-,40-/m0/s1. The molecule has 3 aromatic rings. The van der Waals surface area contributed by atoms with E-state index in [9.17, 15) is 68.1 Å². The van der Waals surface area contributed by atoms with Gasteiger partial charge in [0.15, 0.2) is 0 Å². The minimum Gasteiger partial charge on any atom is -0.481 e. The van der Waals surface area contributed by atoms with Gasteiger partial charge in [0.2, 0.25) is 53.2 Å². The summed E-state index contributed by atoms with van der Waals surface area (Å²) in [5.41, 5.74) is 13.0. The van der Waals surface area contributed by atoms with Gasteiger partial charge in [-0.2, -0.15) is 0 Å². The van der Waals surface area contributed by atoms with Crippen LogP contribution in [0.25, 0.3) is 10.9 Å². The van der Waals surface area contributed by atoms with Crippen molar-refractivity contribution >= 4 is 76.0 Å². The molecular formula is C49H70N12O15. The highest BCUT2D eigenvalue weighted by Crippen LogP contribution is 2.20. The Hall–Kier alpha value is -8.01. The second-order valence-corrected chi connectivity index (χ2v) is 18.2. The fourth-order valence-electron chi connectivity index (χ4n) is 7.45. The van der Waals surface area contributed by atoms with Gasteiger partial charge in [-0.25, -0.2) is 0 Å². The Morgan fingerprint density at radius 1 is 0.539 bits per heavy atom. The summed E-state index contributed by atoms with van der Waals surface area (Å²) < 4.78 is 0. The number of nitrogens with two attached hydrogens (primary N) is 2. The van der Waals surface area contributed by atoms with Gasteiger partial charge in [-0.3, -0.25) is 52.7 Å². The van der Waals surface area contributed by atoms with Crippen molar-refractivity contribution in [2.75, 3.05) is 26.3 Å². The topological polar surface area (TPSA) is 445 Å². The number of carbonyl (C=O) groups is 11. The van der Waals surface area contributed by atoms with Crippen LogP contribution in [-0.2, 0) is 65.6 Å². The highest BCUT2D eigenvalue weighted by atomic mass is 16.4. The van der Waals surface area contributed by atoms with Crippen LogP contribution in [0.1, 0.15) is 64.5 Å². The summed E-state index contributed by atoms with van der Waals surface area (Å²) in [6.45, 7) is 3.41. The van der Waals surface area contributed by atoms with E-state index in [2.05, 4.69) is 52.8 Å². The third-order valence-electron chi connectivity index (χ3n) is 11.8. The lowest BCUT2D eigenvalue weighted by atomic mass is 10.0. The average molecular weight is 1070 g/mol. The SMILES string of the molecule is CC(C)[C@H](NC(=O)[C@@H](N)CO)C(=O)N[C@@H](C)C(=O)N[C@@H](C)C(=O)N[C@@H](CC(=O)O)C(=O)N[C@@H](CCCCN)C(=O)N[C@@H](Cc1c[nH]c2ccccc12)C(=O)N[C@@H](CO)C(=O)N[C@@H](Cc1ccccc1)C(=O)NCC(=O)O. The van der Waals surface area contributed by atoms with E-state index in [0.717, 1.165) is 0 Å². The maximum Gasteiger partial charge on any atom is 0.322 e. The third kappa shape index (κ3) is 20.0. The molecule has 3 rings (SSSR count). The number of aliphatic carboxylic acids is 2. The summed E-state index contributed by atoms with van der Waals surface area (Å²) >= 11 is 0. The molecule has 18 N–H and O–H groups in total. The van der Waals surface area contributed by atoms with Crippen LogP contribution < -0.4 is 59.3 Å². The van der Waals surface area contributed by atoms with Crippen LogP contribution >= 0.6 is 0 Å². The Balaban J connectivity index is 1.85. The molecule has 0 aliphatic heterocycles. The van der Waals surface area contributed by atoms with Gasteiger partial charge >= 0.3 is 11.9 Å². The zero-order valence-electron chi connectivity index (χ0n) is 42.6. The Morgan fingerprint density at radius 3 is 1.66 bits per heavy atom.